The Morgan fingerprint density at radius 3 is 2.48 bits per heavy atom. The molecule has 1 atom stereocenters. The van der Waals surface area contributed by atoms with Crippen molar-refractivity contribution >= 4 is 23.6 Å². The van der Waals surface area contributed by atoms with E-state index in [1.165, 1.54) is 28.8 Å². The number of benzene rings is 1. The Morgan fingerprint density at radius 2 is 1.95 bits per heavy atom. The zero-order valence-corrected chi connectivity index (χ0v) is 13.0. The van der Waals surface area contributed by atoms with Crippen molar-refractivity contribution in [1.29, 1.82) is 0 Å². The van der Waals surface area contributed by atoms with Crippen LogP contribution in [0.3, 0.4) is 0 Å². The first-order chi connectivity index (χ1) is 9.93. The highest BCUT2D eigenvalue weighted by atomic mass is 32.2. The third-order valence-electron chi connectivity index (χ3n) is 3.16. The second-order valence-corrected chi connectivity index (χ2v) is 5.78. The Balaban J connectivity index is 2.49. The second kappa shape index (κ2) is 8.67. The summed E-state index contributed by atoms with van der Waals surface area (Å²) in [6.07, 6.45) is 0.710. The van der Waals surface area contributed by atoms with E-state index in [0.717, 1.165) is 5.56 Å². The molecule has 1 rings (SSSR count). The second-order valence-electron chi connectivity index (χ2n) is 4.79. The molecule has 0 saturated carbocycles. The summed E-state index contributed by atoms with van der Waals surface area (Å²) in [5.74, 6) is -0.669. The molecule has 1 amide bonds. The van der Waals surface area contributed by atoms with Gasteiger partial charge in [0.05, 0.1) is 5.75 Å². The molecule has 0 aliphatic carbocycles. The fourth-order valence-electron chi connectivity index (χ4n) is 1.78. The maximum absolute atomic E-state index is 12.8. The lowest BCUT2D eigenvalue weighted by Crippen LogP contribution is -2.42. The summed E-state index contributed by atoms with van der Waals surface area (Å²) < 4.78 is 12.8. The third kappa shape index (κ3) is 6.16. The average molecular weight is 313 g/mol. The molecule has 0 saturated heterocycles. The van der Waals surface area contributed by atoms with E-state index in [9.17, 15) is 14.0 Å². The monoisotopic (exact) mass is 313 g/mol. The minimum absolute atomic E-state index is 0.0972. The maximum Gasteiger partial charge on any atom is 0.323 e. The fraction of sp³-hybridized carbons (Fsp3) is 0.467. The van der Waals surface area contributed by atoms with Crippen molar-refractivity contribution in [2.45, 2.75) is 32.1 Å². The van der Waals surface area contributed by atoms with E-state index in [4.69, 9.17) is 5.11 Å². The van der Waals surface area contributed by atoms with Gasteiger partial charge in [-0.15, -0.1) is 11.8 Å². The van der Waals surface area contributed by atoms with Crippen LogP contribution in [0.15, 0.2) is 24.3 Å². The first kappa shape index (κ1) is 17.5. The smallest absolute Gasteiger partial charge is 0.323 e. The highest BCUT2D eigenvalue weighted by molar-refractivity contribution is 7.99. The van der Waals surface area contributed by atoms with Crippen LogP contribution in [0, 0.1) is 5.82 Å². The van der Waals surface area contributed by atoms with Crippen LogP contribution in [0.5, 0.6) is 0 Å². The summed E-state index contributed by atoms with van der Waals surface area (Å²) in [4.78, 5) is 24.3. The van der Waals surface area contributed by atoms with Gasteiger partial charge in [-0.2, -0.15) is 0 Å². The van der Waals surface area contributed by atoms with Gasteiger partial charge < -0.3 is 10.0 Å². The van der Waals surface area contributed by atoms with Crippen molar-refractivity contribution in [3.63, 3.8) is 0 Å². The van der Waals surface area contributed by atoms with Gasteiger partial charge in [0.2, 0.25) is 5.91 Å². The SMILES string of the molecule is CCC(C)N(CC(=O)O)C(=O)CSCc1ccc(F)cc1. The quantitative estimate of drug-likeness (QED) is 0.802. The largest absolute Gasteiger partial charge is 0.480 e. The van der Waals surface area contributed by atoms with Crippen LogP contribution in [-0.2, 0) is 15.3 Å². The zero-order valence-electron chi connectivity index (χ0n) is 12.2. The highest BCUT2D eigenvalue weighted by Crippen LogP contribution is 2.15. The number of amides is 1. The number of nitrogens with zero attached hydrogens (tertiary/aromatic N) is 1. The molecule has 1 aromatic rings. The molecule has 21 heavy (non-hydrogen) atoms. The lowest BCUT2D eigenvalue weighted by atomic mass is 10.2. The van der Waals surface area contributed by atoms with Crippen molar-refractivity contribution in [3.05, 3.63) is 35.6 Å². The molecule has 4 nitrogen and oxygen atoms in total. The van der Waals surface area contributed by atoms with E-state index < -0.39 is 5.97 Å². The number of thioether (sulfide) groups is 1. The molecule has 0 fully saturated rings. The van der Waals surface area contributed by atoms with Crippen molar-refractivity contribution in [1.82, 2.24) is 4.90 Å². The van der Waals surface area contributed by atoms with Crippen molar-refractivity contribution in [2.75, 3.05) is 12.3 Å². The number of carbonyl (C=O) groups excluding carboxylic acids is 1. The normalized spacial score (nSPS) is 12.0. The molecule has 0 aliphatic heterocycles. The van der Waals surface area contributed by atoms with Gasteiger partial charge in [0.15, 0.2) is 0 Å². The number of carbonyl (C=O) groups is 2. The molecule has 1 aromatic carbocycles. The minimum atomic E-state index is -1.01. The van der Waals surface area contributed by atoms with Gasteiger partial charge in [-0.25, -0.2) is 4.39 Å². The summed E-state index contributed by atoms with van der Waals surface area (Å²) in [6.45, 7) is 3.48. The van der Waals surface area contributed by atoms with Crippen LogP contribution < -0.4 is 0 Å². The molecule has 0 spiro atoms. The van der Waals surface area contributed by atoms with E-state index in [0.29, 0.717) is 12.2 Å². The molecule has 0 aromatic heterocycles. The number of rotatable bonds is 8. The fourth-order valence-corrected chi connectivity index (χ4v) is 2.65. The Kier molecular flexibility index (Phi) is 7.22. The summed E-state index contributed by atoms with van der Waals surface area (Å²) in [5.41, 5.74) is 0.933. The number of halogens is 1. The third-order valence-corrected chi connectivity index (χ3v) is 4.14. The van der Waals surface area contributed by atoms with Gasteiger partial charge in [0.25, 0.3) is 0 Å². The summed E-state index contributed by atoms with van der Waals surface area (Å²) in [6, 6.07) is 6.02. The van der Waals surface area contributed by atoms with Crippen LogP contribution in [0.1, 0.15) is 25.8 Å². The van der Waals surface area contributed by atoms with Gasteiger partial charge in [-0.1, -0.05) is 19.1 Å². The Morgan fingerprint density at radius 1 is 1.33 bits per heavy atom. The summed E-state index contributed by atoms with van der Waals surface area (Å²) in [5, 5.41) is 8.87. The topological polar surface area (TPSA) is 57.6 Å². The van der Waals surface area contributed by atoms with Crippen LogP contribution >= 0.6 is 11.8 Å². The van der Waals surface area contributed by atoms with Gasteiger partial charge >= 0.3 is 5.97 Å². The lowest BCUT2D eigenvalue weighted by Gasteiger charge is -2.26. The molecule has 116 valence electrons. The van der Waals surface area contributed by atoms with Crippen LogP contribution in [0.4, 0.5) is 4.39 Å². The number of carboxylic acid groups (broad SMARTS) is 1. The van der Waals surface area contributed by atoms with E-state index >= 15 is 0 Å². The van der Waals surface area contributed by atoms with Gasteiger partial charge in [-0.05, 0) is 31.0 Å². The first-order valence-corrected chi connectivity index (χ1v) is 7.93. The molecule has 0 bridgehead atoms. The number of aliphatic carboxylic acids is 1. The summed E-state index contributed by atoms with van der Waals surface area (Å²) in [7, 11) is 0. The molecule has 0 heterocycles. The Labute approximate surface area is 128 Å². The maximum atomic E-state index is 12.8. The molecule has 1 N–H and O–H groups in total. The number of hydrogen-bond acceptors (Lipinski definition) is 3. The molecular weight excluding hydrogens is 293 g/mol. The van der Waals surface area contributed by atoms with Gasteiger partial charge in [-0.3, -0.25) is 9.59 Å². The van der Waals surface area contributed by atoms with E-state index in [1.807, 2.05) is 13.8 Å². The van der Waals surface area contributed by atoms with Crippen LogP contribution in [0.2, 0.25) is 0 Å². The molecule has 0 radical (unpaired) electrons. The number of carboxylic acids is 1. The molecule has 6 heteroatoms. The lowest BCUT2D eigenvalue weighted by molar-refractivity contribution is -0.144. The standard InChI is InChI=1S/C15H20FNO3S/c1-3-11(2)17(8-15(19)20)14(18)10-21-9-12-4-6-13(16)7-5-12/h4-7,11H,3,8-10H2,1-2H3,(H,19,20). The van der Waals surface area contributed by atoms with E-state index in [1.54, 1.807) is 12.1 Å². The van der Waals surface area contributed by atoms with Crippen LogP contribution in [0.25, 0.3) is 0 Å². The van der Waals surface area contributed by atoms with E-state index in [2.05, 4.69) is 0 Å². The van der Waals surface area contributed by atoms with E-state index in [-0.39, 0.29) is 30.1 Å². The minimum Gasteiger partial charge on any atom is -0.480 e. The van der Waals surface area contributed by atoms with Crippen LogP contribution in [-0.4, -0.2) is 40.2 Å². The number of hydrogen-bond donors (Lipinski definition) is 1. The van der Waals surface area contributed by atoms with Gasteiger partial charge in [0.1, 0.15) is 12.4 Å². The predicted molar refractivity (Wildman–Crippen MR) is 81.7 cm³/mol. The predicted octanol–water partition coefficient (Wildman–Crippen LogP) is 2.77. The Bertz CT molecular complexity index is 478. The Hall–Kier alpha value is -1.56. The molecule has 0 aliphatic rings. The summed E-state index contributed by atoms with van der Waals surface area (Å²) >= 11 is 1.40. The van der Waals surface area contributed by atoms with Crippen molar-refractivity contribution in [2.24, 2.45) is 0 Å². The van der Waals surface area contributed by atoms with Crippen molar-refractivity contribution in [3.8, 4) is 0 Å². The molecular formula is C15H20FNO3S. The first-order valence-electron chi connectivity index (χ1n) is 6.77. The highest BCUT2D eigenvalue weighted by Gasteiger charge is 2.21. The average Bonchev–Trinajstić information content (AvgIpc) is 2.45. The molecule has 1 unspecified atom stereocenters. The van der Waals surface area contributed by atoms with Gasteiger partial charge in [0, 0.05) is 11.8 Å². The van der Waals surface area contributed by atoms with Crippen molar-refractivity contribution < 1.29 is 19.1 Å². The zero-order chi connectivity index (χ0) is 15.8.